The lowest BCUT2D eigenvalue weighted by Crippen LogP contribution is -2.44. The molecule has 100 valence electrons. The van der Waals surface area contributed by atoms with Crippen LogP contribution in [0.25, 0.3) is 0 Å². The van der Waals surface area contributed by atoms with Crippen molar-refractivity contribution >= 4 is 11.8 Å². The molecule has 2 saturated heterocycles. The summed E-state index contributed by atoms with van der Waals surface area (Å²) in [6.07, 6.45) is 6.50. The van der Waals surface area contributed by atoms with Gasteiger partial charge in [0, 0.05) is 12.6 Å². The van der Waals surface area contributed by atoms with Gasteiger partial charge in [-0.25, -0.2) is 0 Å². The molecule has 2 nitrogen and oxygen atoms in total. The number of thioether (sulfide) groups is 1. The molecular formula is C14H28N2S. The maximum Gasteiger partial charge on any atom is 0.0525 e. The Morgan fingerprint density at radius 3 is 1.88 bits per heavy atom. The smallest absolute Gasteiger partial charge is 0.0525 e. The second-order valence-corrected chi connectivity index (χ2v) is 7.34. The Hall–Kier alpha value is 0.270. The summed E-state index contributed by atoms with van der Waals surface area (Å²) in [5.74, 6) is 0. The van der Waals surface area contributed by atoms with E-state index >= 15 is 0 Å². The minimum Gasteiger partial charge on any atom is -0.300 e. The van der Waals surface area contributed by atoms with E-state index in [2.05, 4.69) is 36.8 Å². The number of hydrogen-bond donors (Lipinski definition) is 0. The van der Waals surface area contributed by atoms with Crippen molar-refractivity contribution in [1.29, 1.82) is 0 Å². The minimum absolute atomic E-state index is 0.666. The van der Waals surface area contributed by atoms with Crippen LogP contribution in [0.4, 0.5) is 0 Å². The molecule has 2 heterocycles. The summed E-state index contributed by atoms with van der Waals surface area (Å²) < 4.78 is 0. The molecular weight excluding hydrogens is 228 g/mol. The van der Waals surface area contributed by atoms with Crippen LogP contribution in [0.2, 0.25) is 0 Å². The van der Waals surface area contributed by atoms with Gasteiger partial charge < -0.3 is 4.90 Å². The first-order valence-corrected chi connectivity index (χ1v) is 8.36. The van der Waals surface area contributed by atoms with Crippen LogP contribution in [0.15, 0.2) is 0 Å². The Balaban J connectivity index is 1.87. The van der Waals surface area contributed by atoms with Gasteiger partial charge in [0.2, 0.25) is 0 Å². The number of rotatable bonds is 3. The number of likely N-dealkylation sites (tertiary alicyclic amines) is 2. The van der Waals surface area contributed by atoms with E-state index in [1.807, 2.05) is 11.8 Å². The average molecular weight is 256 g/mol. The van der Waals surface area contributed by atoms with Crippen molar-refractivity contribution in [2.45, 2.75) is 51.4 Å². The van der Waals surface area contributed by atoms with Crippen molar-refractivity contribution in [1.82, 2.24) is 9.80 Å². The lowest BCUT2D eigenvalue weighted by atomic mass is 9.78. The van der Waals surface area contributed by atoms with Gasteiger partial charge in [-0.3, -0.25) is 4.90 Å². The molecule has 0 radical (unpaired) electrons. The molecule has 0 bridgehead atoms. The van der Waals surface area contributed by atoms with Crippen molar-refractivity contribution in [3.8, 4) is 0 Å². The van der Waals surface area contributed by atoms with E-state index in [1.54, 1.807) is 0 Å². The molecule has 1 atom stereocenters. The Morgan fingerprint density at radius 2 is 1.47 bits per heavy atom. The summed E-state index contributed by atoms with van der Waals surface area (Å²) in [4.78, 5) is 5.33. The molecule has 0 amide bonds. The number of hydrogen-bond acceptors (Lipinski definition) is 3. The molecule has 2 fully saturated rings. The molecule has 1 unspecified atom stereocenters. The zero-order chi connectivity index (χ0) is 12.5. The molecule has 0 aliphatic carbocycles. The fourth-order valence-electron chi connectivity index (χ4n) is 3.33. The fourth-order valence-corrected chi connectivity index (χ4v) is 3.84. The van der Waals surface area contributed by atoms with E-state index in [-0.39, 0.29) is 0 Å². The van der Waals surface area contributed by atoms with Crippen LogP contribution in [-0.4, -0.2) is 53.7 Å². The molecule has 17 heavy (non-hydrogen) atoms. The van der Waals surface area contributed by atoms with Crippen LogP contribution in [0.3, 0.4) is 0 Å². The molecule has 0 N–H and O–H groups in total. The van der Waals surface area contributed by atoms with Gasteiger partial charge in [0.05, 0.1) is 5.37 Å². The number of piperidine rings is 1. The van der Waals surface area contributed by atoms with E-state index in [0.29, 0.717) is 10.8 Å². The van der Waals surface area contributed by atoms with Crippen LogP contribution in [0.1, 0.15) is 40.0 Å². The molecule has 0 aromatic carbocycles. The zero-order valence-corrected chi connectivity index (χ0v) is 12.7. The molecule has 1 spiro atoms. The van der Waals surface area contributed by atoms with Crippen molar-refractivity contribution in [2.24, 2.45) is 5.41 Å². The van der Waals surface area contributed by atoms with Gasteiger partial charge in [0.15, 0.2) is 0 Å². The third-order valence-corrected chi connectivity index (χ3v) is 5.89. The first-order valence-electron chi connectivity index (χ1n) is 7.07. The van der Waals surface area contributed by atoms with E-state index in [4.69, 9.17) is 0 Å². The normalized spacial score (nSPS) is 28.1. The summed E-state index contributed by atoms with van der Waals surface area (Å²) in [5, 5.41) is 0.704. The highest BCUT2D eigenvalue weighted by molar-refractivity contribution is 7.99. The molecule has 3 heteroatoms. The highest BCUT2D eigenvalue weighted by Crippen LogP contribution is 2.41. The monoisotopic (exact) mass is 256 g/mol. The van der Waals surface area contributed by atoms with Gasteiger partial charge in [-0.1, -0.05) is 0 Å². The summed E-state index contributed by atoms with van der Waals surface area (Å²) in [7, 11) is 0. The van der Waals surface area contributed by atoms with Crippen molar-refractivity contribution in [3.63, 3.8) is 0 Å². The van der Waals surface area contributed by atoms with Gasteiger partial charge in [0.1, 0.15) is 0 Å². The van der Waals surface area contributed by atoms with E-state index in [1.165, 1.54) is 45.4 Å². The second kappa shape index (κ2) is 5.50. The van der Waals surface area contributed by atoms with Crippen molar-refractivity contribution < 1.29 is 0 Å². The van der Waals surface area contributed by atoms with Crippen LogP contribution in [-0.2, 0) is 0 Å². The Kier molecular flexibility index (Phi) is 4.43. The molecule has 0 aromatic heterocycles. The predicted molar refractivity (Wildman–Crippen MR) is 77.5 cm³/mol. The van der Waals surface area contributed by atoms with Gasteiger partial charge in [-0.05, 0) is 71.3 Å². The highest BCUT2D eigenvalue weighted by Gasteiger charge is 2.41. The van der Waals surface area contributed by atoms with Crippen molar-refractivity contribution in [2.75, 3.05) is 32.4 Å². The summed E-state index contributed by atoms with van der Waals surface area (Å²) in [6.45, 7) is 12.3. The van der Waals surface area contributed by atoms with Crippen LogP contribution < -0.4 is 0 Å². The Bertz CT molecular complexity index is 247. The topological polar surface area (TPSA) is 6.48 Å². The molecule has 2 aliphatic heterocycles. The Morgan fingerprint density at radius 1 is 0.941 bits per heavy atom. The zero-order valence-electron chi connectivity index (χ0n) is 11.9. The van der Waals surface area contributed by atoms with E-state index < -0.39 is 0 Å². The summed E-state index contributed by atoms with van der Waals surface area (Å²) in [6, 6.07) is 0.734. The van der Waals surface area contributed by atoms with Crippen molar-refractivity contribution in [3.05, 3.63) is 0 Å². The summed E-state index contributed by atoms with van der Waals surface area (Å²) >= 11 is 1.98. The number of nitrogens with zero attached hydrogens (tertiary/aromatic N) is 2. The maximum atomic E-state index is 2.67. The standard InChI is InChI=1S/C14H28N2S/c1-12(2)16-10-7-14(11-16)5-8-15(9-6-14)13(3)17-4/h12-13H,5-11H2,1-4H3. The van der Waals surface area contributed by atoms with Crippen LogP contribution >= 0.6 is 11.8 Å². The van der Waals surface area contributed by atoms with E-state index in [9.17, 15) is 0 Å². The molecule has 0 saturated carbocycles. The quantitative estimate of drug-likeness (QED) is 0.766. The first-order chi connectivity index (χ1) is 8.06. The van der Waals surface area contributed by atoms with Crippen LogP contribution in [0, 0.1) is 5.41 Å². The van der Waals surface area contributed by atoms with Crippen LogP contribution in [0.5, 0.6) is 0 Å². The van der Waals surface area contributed by atoms with Gasteiger partial charge >= 0.3 is 0 Å². The predicted octanol–water partition coefficient (Wildman–Crippen LogP) is 2.89. The van der Waals surface area contributed by atoms with E-state index in [0.717, 1.165) is 6.04 Å². The lowest BCUT2D eigenvalue weighted by molar-refractivity contribution is 0.0998. The largest absolute Gasteiger partial charge is 0.300 e. The minimum atomic E-state index is 0.666. The van der Waals surface area contributed by atoms with Gasteiger partial charge in [-0.2, -0.15) is 0 Å². The third kappa shape index (κ3) is 2.99. The molecule has 0 aromatic rings. The molecule has 2 rings (SSSR count). The lowest BCUT2D eigenvalue weighted by Gasteiger charge is -2.41. The van der Waals surface area contributed by atoms with Gasteiger partial charge in [0.25, 0.3) is 0 Å². The first kappa shape index (κ1) is 13.7. The SMILES string of the molecule is CSC(C)N1CCC2(CCN(C(C)C)C2)CC1. The second-order valence-electron chi connectivity index (χ2n) is 6.19. The molecule has 2 aliphatic rings. The third-order valence-electron chi connectivity index (χ3n) is 4.91. The highest BCUT2D eigenvalue weighted by atomic mass is 32.2. The average Bonchev–Trinajstić information content (AvgIpc) is 2.74. The Labute approximate surface area is 111 Å². The fraction of sp³-hybridized carbons (Fsp3) is 1.00. The summed E-state index contributed by atoms with van der Waals surface area (Å²) in [5.41, 5.74) is 0.666. The maximum absolute atomic E-state index is 2.67. The van der Waals surface area contributed by atoms with Gasteiger partial charge in [-0.15, -0.1) is 11.8 Å².